The maximum Gasteiger partial charge on any atom is 0.231 e. The van der Waals surface area contributed by atoms with Crippen molar-refractivity contribution in [2.75, 3.05) is 18.0 Å². The van der Waals surface area contributed by atoms with E-state index in [-0.39, 0.29) is 0 Å². The Kier molecular flexibility index (Phi) is 7.91. The highest BCUT2D eigenvalue weighted by Crippen LogP contribution is 2.39. The molecule has 2 aromatic carbocycles. The van der Waals surface area contributed by atoms with E-state index in [0.717, 1.165) is 45.4 Å². The minimum Gasteiger partial charge on any atom is -0.372 e. The molecule has 0 N–H and O–H groups in total. The van der Waals surface area contributed by atoms with Crippen LogP contribution in [0.4, 0.5) is 27.2 Å². The largest absolute Gasteiger partial charge is 0.372 e. The van der Waals surface area contributed by atoms with Crippen LogP contribution >= 0.6 is 22.7 Å². The smallest absolute Gasteiger partial charge is 0.231 e. The van der Waals surface area contributed by atoms with E-state index in [9.17, 15) is 0 Å². The number of benzene rings is 2. The number of rotatable bonds is 10. The SMILES string of the molecule is CCCCc1ccc(N=Nc2cc3nc(N=Nc4ccc(N(CC)CC)cc4)sc3s2)cc1. The molecule has 2 heterocycles. The number of fused-ring (bicyclic) bond motifs is 1. The van der Waals surface area contributed by atoms with Crippen LogP contribution in [-0.4, -0.2) is 18.1 Å². The number of thiazole rings is 1. The van der Waals surface area contributed by atoms with Gasteiger partial charge in [0.1, 0.15) is 9.01 Å². The van der Waals surface area contributed by atoms with Crippen LogP contribution in [0, 0.1) is 0 Å². The Bertz CT molecular complexity index is 1190. The van der Waals surface area contributed by atoms with Crippen LogP contribution in [0.5, 0.6) is 0 Å². The van der Waals surface area contributed by atoms with Crippen molar-refractivity contribution < 1.29 is 0 Å². The molecule has 0 amide bonds. The molecule has 0 bridgehead atoms. The lowest BCUT2D eigenvalue weighted by molar-refractivity contribution is 0.795. The molecular weight excluding hydrogens is 448 g/mol. The molecule has 0 aliphatic carbocycles. The van der Waals surface area contributed by atoms with Crippen molar-refractivity contribution in [3.05, 3.63) is 60.2 Å². The molecule has 0 aliphatic rings. The number of unbranched alkanes of at least 4 members (excludes halogenated alkanes) is 1. The van der Waals surface area contributed by atoms with Gasteiger partial charge < -0.3 is 4.90 Å². The molecule has 0 atom stereocenters. The maximum atomic E-state index is 4.57. The van der Waals surface area contributed by atoms with Gasteiger partial charge in [0, 0.05) is 24.8 Å². The van der Waals surface area contributed by atoms with Crippen molar-refractivity contribution in [2.24, 2.45) is 20.5 Å². The molecule has 0 spiro atoms. The van der Waals surface area contributed by atoms with Crippen LogP contribution in [0.25, 0.3) is 9.53 Å². The minimum absolute atomic E-state index is 0.648. The minimum atomic E-state index is 0.648. The molecule has 33 heavy (non-hydrogen) atoms. The van der Waals surface area contributed by atoms with Gasteiger partial charge in [-0.25, -0.2) is 4.98 Å². The van der Waals surface area contributed by atoms with Gasteiger partial charge in [-0.05, 0) is 68.7 Å². The highest BCUT2D eigenvalue weighted by molar-refractivity contribution is 7.41. The summed E-state index contributed by atoms with van der Waals surface area (Å²) in [7, 11) is 0. The zero-order chi connectivity index (χ0) is 23.0. The average Bonchev–Trinajstić information content (AvgIpc) is 3.41. The van der Waals surface area contributed by atoms with Crippen molar-refractivity contribution in [3.63, 3.8) is 0 Å². The van der Waals surface area contributed by atoms with E-state index in [1.54, 1.807) is 11.3 Å². The Morgan fingerprint density at radius 1 is 0.788 bits per heavy atom. The molecule has 6 nitrogen and oxygen atoms in total. The van der Waals surface area contributed by atoms with E-state index >= 15 is 0 Å². The van der Waals surface area contributed by atoms with Crippen molar-refractivity contribution in [3.8, 4) is 0 Å². The van der Waals surface area contributed by atoms with Crippen LogP contribution in [-0.2, 0) is 6.42 Å². The summed E-state index contributed by atoms with van der Waals surface area (Å²) in [5, 5.41) is 18.9. The van der Waals surface area contributed by atoms with Gasteiger partial charge in [-0.3, -0.25) is 0 Å². The number of nitrogens with zero attached hydrogens (tertiary/aromatic N) is 6. The van der Waals surface area contributed by atoms with Gasteiger partial charge in [0.15, 0.2) is 0 Å². The molecule has 4 aromatic rings. The summed E-state index contributed by atoms with van der Waals surface area (Å²) < 4.78 is 1.07. The van der Waals surface area contributed by atoms with E-state index in [2.05, 4.69) is 75.4 Å². The fourth-order valence-corrected chi connectivity index (χ4v) is 5.34. The number of hydrogen-bond donors (Lipinski definition) is 0. The Hall–Kier alpha value is -2.97. The maximum absolute atomic E-state index is 4.57. The molecule has 0 fully saturated rings. The lowest BCUT2D eigenvalue weighted by atomic mass is 10.1. The number of azo groups is 2. The molecule has 170 valence electrons. The van der Waals surface area contributed by atoms with E-state index in [0.29, 0.717) is 5.13 Å². The lowest BCUT2D eigenvalue weighted by Gasteiger charge is -2.20. The average molecular weight is 477 g/mol. The van der Waals surface area contributed by atoms with Crippen LogP contribution in [0.1, 0.15) is 39.2 Å². The van der Waals surface area contributed by atoms with Crippen LogP contribution in [0.15, 0.2) is 75.1 Å². The quantitative estimate of drug-likeness (QED) is 0.214. The van der Waals surface area contributed by atoms with Gasteiger partial charge in [-0.1, -0.05) is 36.8 Å². The summed E-state index contributed by atoms with van der Waals surface area (Å²) in [5.74, 6) is 0. The van der Waals surface area contributed by atoms with Crippen molar-refractivity contribution in [1.82, 2.24) is 4.98 Å². The van der Waals surface area contributed by atoms with E-state index in [1.165, 1.54) is 35.4 Å². The summed E-state index contributed by atoms with van der Waals surface area (Å²) in [4.78, 5) is 6.87. The predicted octanol–water partition coefficient (Wildman–Crippen LogP) is 9.38. The second kappa shape index (κ2) is 11.2. The second-order valence-electron chi connectivity index (χ2n) is 7.61. The first kappa shape index (κ1) is 23.2. The molecular formula is C25H28N6S2. The third kappa shape index (κ3) is 6.09. The van der Waals surface area contributed by atoms with Gasteiger partial charge in [-0.15, -0.1) is 31.8 Å². The number of aryl methyl sites for hydroxylation is 1. The normalized spacial score (nSPS) is 11.8. The van der Waals surface area contributed by atoms with Crippen LogP contribution < -0.4 is 4.90 Å². The van der Waals surface area contributed by atoms with E-state index in [4.69, 9.17) is 0 Å². The number of hydrogen-bond acceptors (Lipinski definition) is 8. The fourth-order valence-electron chi connectivity index (χ4n) is 3.44. The molecule has 4 rings (SSSR count). The third-order valence-electron chi connectivity index (χ3n) is 5.32. The Balaban J connectivity index is 1.39. The third-order valence-corrected chi connectivity index (χ3v) is 7.37. The predicted molar refractivity (Wildman–Crippen MR) is 141 cm³/mol. The lowest BCUT2D eigenvalue weighted by Crippen LogP contribution is -2.21. The van der Waals surface area contributed by atoms with Crippen molar-refractivity contribution in [1.29, 1.82) is 0 Å². The first-order valence-electron chi connectivity index (χ1n) is 11.4. The summed E-state index contributed by atoms with van der Waals surface area (Å²) in [6.45, 7) is 8.49. The van der Waals surface area contributed by atoms with Crippen LogP contribution in [0.3, 0.4) is 0 Å². The fraction of sp³-hybridized carbons (Fsp3) is 0.320. The number of aromatic nitrogens is 1. The summed E-state index contributed by atoms with van der Waals surface area (Å²) >= 11 is 3.09. The standard InChI is InChI=1S/C25H28N6S2/c1-4-7-8-18-9-11-19(12-10-18)27-29-23-17-22-24(32-23)33-25(26-22)30-28-20-13-15-21(16-14-20)31(5-2)6-3/h9-17H,4-8H2,1-3H3. The topological polar surface area (TPSA) is 65.6 Å². The molecule has 0 saturated carbocycles. The Labute approximate surface area is 202 Å². The molecule has 0 aliphatic heterocycles. The summed E-state index contributed by atoms with van der Waals surface area (Å²) in [6, 6.07) is 18.4. The Morgan fingerprint density at radius 2 is 1.45 bits per heavy atom. The van der Waals surface area contributed by atoms with E-state index < -0.39 is 0 Å². The highest BCUT2D eigenvalue weighted by Gasteiger charge is 2.08. The molecule has 0 radical (unpaired) electrons. The van der Waals surface area contributed by atoms with Gasteiger partial charge >= 0.3 is 0 Å². The zero-order valence-electron chi connectivity index (χ0n) is 19.2. The highest BCUT2D eigenvalue weighted by atomic mass is 32.2. The van der Waals surface area contributed by atoms with Gasteiger partial charge in [-0.2, -0.15) is 0 Å². The van der Waals surface area contributed by atoms with Crippen molar-refractivity contribution >= 4 is 59.4 Å². The molecule has 2 aromatic heterocycles. The van der Waals surface area contributed by atoms with Gasteiger partial charge in [0.2, 0.25) is 5.13 Å². The zero-order valence-corrected chi connectivity index (χ0v) is 20.9. The number of anilines is 1. The van der Waals surface area contributed by atoms with E-state index in [1.807, 2.05) is 30.3 Å². The summed E-state index contributed by atoms with van der Waals surface area (Å²) in [5.41, 5.74) is 5.11. The first-order chi connectivity index (χ1) is 16.2. The van der Waals surface area contributed by atoms with Gasteiger partial charge in [0.25, 0.3) is 0 Å². The summed E-state index contributed by atoms with van der Waals surface area (Å²) in [6.07, 6.45) is 3.53. The molecule has 8 heteroatoms. The second-order valence-corrected chi connectivity index (χ2v) is 9.88. The van der Waals surface area contributed by atoms with Crippen molar-refractivity contribution in [2.45, 2.75) is 40.0 Å². The van der Waals surface area contributed by atoms with Crippen LogP contribution in [0.2, 0.25) is 0 Å². The monoisotopic (exact) mass is 476 g/mol. The first-order valence-corrected chi connectivity index (χ1v) is 13.0. The van der Waals surface area contributed by atoms with Gasteiger partial charge in [0.05, 0.1) is 16.9 Å². The number of thiophene rings is 1. The molecule has 0 unspecified atom stereocenters. The Morgan fingerprint density at radius 3 is 2.09 bits per heavy atom. The molecule has 0 saturated heterocycles.